The van der Waals surface area contributed by atoms with E-state index in [1.165, 1.54) is 12.1 Å². The SMILES string of the molecule is CCCCC(CC)C(=O)N(CC)CC(=O)Nc1cc(C(C)(C)C)nn1-c1ccc(F)cc1. The second-order valence-electron chi connectivity index (χ2n) is 9.20. The molecule has 0 aliphatic carbocycles. The van der Waals surface area contributed by atoms with Gasteiger partial charge in [-0.1, -0.05) is 47.5 Å². The van der Waals surface area contributed by atoms with Crippen molar-refractivity contribution < 1.29 is 14.0 Å². The molecule has 2 rings (SSSR count). The largest absolute Gasteiger partial charge is 0.333 e. The number of nitrogens with zero attached hydrogens (tertiary/aromatic N) is 3. The summed E-state index contributed by atoms with van der Waals surface area (Å²) in [5, 5.41) is 7.55. The molecule has 7 heteroatoms. The third-order valence-electron chi connectivity index (χ3n) is 5.59. The monoisotopic (exact) mass is 444 g/mol. The van der Waals surface area contributed by atoms with Crippen LogP contribution in [0.1, 0.15) is 72.9 Å². The van der Waals surface area contributed by atoms with Crippen molar-refractivity contribution in [2.75, 3.05) is 18.4 Å². The van der Waals surface area contributed by atoms with Gasteiger partial charge in [-0.2, -0.15) is 5.10 Å². The number of anilines is 1. The van der Waals surface area contributed by atoms with Gasteiger partial charge in [0.1, 0.15) is 11.6 Å². The normalized spacial score (nSPS) is 12.5. The van der Waals surface area contributed by atoms with Gasteiger partial charge in [0.15, 0.2) is 0 Å². The van der Waals surface area contributed by atoms with E-state index in [-0.39, 0.29) is 35.5 Å². The number of nitrogens with one attached hydrogen (secondary N) is 1. The van der Waals surface area contributed by atoms with Gasteiger partial charge in [0, 0.05) is 23.9 Å². The van der Waals surface area contributed by atoms with Crippen LogP contribution in [0.5, 0.6) is 0 Å². The van der Waals surface area contributed by atoms with E-state index < -0.39 is 0 Å². The van der Waals surface area contributed by atoms with E-state index in [1.807, 2.05) is 40.7 Å². The van der Waals surface area contributed by atoms with Gasteiger partial charge >= 0.3 is 0 Å². The molecule has 1 aromatic carbocycles. The summed E-state index contributed by atoms with van der Waals surface area (Å²) in [6.45, 7) is 12.6. The van der Waals surface area contributed by atoms with Crippen LogP contribution in [-0.2, 0) is 15.0 Å². The summed E-state index contributed by atoms with van der Waals surface area (Å²) in [6.07, 6.45) is 3.65. The van der Waals surface area contributed by atoms with Crippen LogP contribution in [0, 0.1) is 11.7 Å². The molecule has 1 unspecified atom stereocenters. The van der Waals surface area contributed by atoms with Crippen molar-refractivity contribution in [1.29, 1.82) is 0 Å². The molecule has 0 fully saturated rings. The number of benzene rings is 1. The number of hydrogen-bond acceptors (Lipinski definition) is 3. The Morgan fingerprint density at radius 1 is 1.16 bits per heavy atom. The molecule has 1 atom stereocenters. The maximum atomic E-state index is 13.4. The fourth-order valence-electron chi connectivity index (χ4n) is 3.53. The van der Waals surface area contributed by atoms with E-state index in [2.05, 4.69) is 17.3 Å². The second-order valence-corrected chi connectivity index (χ2v) is 9.20. The van der Waals surface area contributed by atoms with Crippen LogP contribution in [0.2, 0.25) is 0 Å². The molecule has 0 spiro atoms. The average Bonchev–Trinajstić information content (AvgIpc) is 3.17. The molecule has 0 saturated heterocycles. The molecular formula is C25H37FN4O2. The Morgan fingerprint density at radius 2 is 1.81 bits per heavy atom. The smallest absolute Gasteiger partial charge is 0.245 e. The molecule has 32 heavy (non-hydrogen) atoms. The number of unbranched alkanes of at least 4 members (excludes halogenated alkanes) is 1. The molecule has 0 bridgehead atoms. The predicted octanol–water partition coefficient (Wildman–Crippen LogP) is 5.31. The van der Waals surface area contributed by atoms with Gasteiger partial charge in [0.25, 0.3) is 0 Å². The van der Waals surface area contributed by atoms with Gasteiger partial charge in [0.2, 0.25) is 11.8 Å². The summed E-state index contributed by atoms with van der Waals surface area (Å²) in [4.78, 5) is 27.5. The average molecular weight is 445 g/mol. The van der Waals surface area contributed by atoms with E-state index in [0.29, 0.717) is 18.1 Å². The Balaban J connectivity index is 2.23. The highest BCUT2D eigenvalue weighted by molar-refractivity contribution is 5.94. The quantitative estimate of drug-likeness (QED) is 0.540. The molecule has 0 saturated carbocycles. The lowest BCUT2D eigenvalue weighted by molar-refractivity contribution is -0.138. The van der Waals surface area contributed by atoms with Crippen molar-refractivity contribution in [3.8, 4) is 5.69 Å². The maximum Gasteiger partial charge on any atom is 0.245 e. The molecule has 2 amide bonds. The molecule has 0 radical (unpaired) electrons. The van der Waals surface area contributed by atoms with Crippen LogP contribution in [-0.4, -0.2) is 39.6 Å². The van der Waals surface area contributed by atoms with Crippen molar-refractivity contribution in [3.05, 3.63) is 41.8 Å². The first-order chi connectivity index (χ1) is 15.1. The number of halogens is 1. The van der Waals surface area contributed by atoms with Crippen LogP contribution >= 0.6 is 0 Å². The zero-order valence-electron chi connectivity index (χ0n) is 20.2. The number of carbonyl (C=O) groups excluding carboxylic acids is 2. The molecule has 0 aliphatic heterocycles. The van der Waals surface area contributed by atoms with Gasteiger partial charge in [-0.05, 0) is 44.0 Å². The Kier molecular flexibility index (Phi) is 8.99. The molecule has 6 nitrogen and oxygen atoms in total. The number of rotatable bonds is 10. The van der Waals surface area contributed by atoms with E-state index in [0.717, 1.165) is 31.4 Å². The van der Waals surface area contributed by atoms with E-state index in [1.54, 1.807) is 21.7 Å². The van der Waals surface area contributed by atoms with Crippen LogP contribution < -0.4 is 5.32 Å². The predicted molar refractivity (Wildman–Crippen MR) is 126 cm³/mol. The van der Waals surface area contributed by atoms with E-state index in [4.69, 9.17) is 0 Å². The first-order valence-corrected chi connectivity index (χ1v) is 11.6. The fourth-order valence-corrected chi connectivity index (χ4v) is 3.53. The fraction of sp³-hybridized carbons (Fsp3) is 0.560. The first-order valence-electron chi connectivity index (χ1n) is 11.6. The number of aromatic nitrogens is 2. The van der Waals surface area contributed by atoms with Crippen molar-refractivity contribution in [2.24, 2.45) is 5.92 Å². The van der Waals surface area contributed by atoms with Crippen LogP contribution in [0.4, 0.5) is 10.2 Å². The minimum Gasteiger partial charge on any atom is -0.333 e. The van der Waals surface area contributed by atoms with Gasteiger partial charge < -0.3 is 10.2 Å². The zero-order chi connectivity index (χ0) is 23.9. The lowest BCUT2D eigenvalue weighted by Crippen LogP contribution is -2.41. The van der Waals surface area contributed by atoms with Gasteiger partial charge in [-0.3, -0.25) is 9.59 Å². The van der Waals surface area contributed by atoms with E-state index >= 15 is 0 Å². The lowest BCUT2D eigenvalue weighted by Gasteiger charge is -2.25. The minimum absolute atomic E-state index is 0.0165. The first kappa shape index (κ1) is 25.6. The molecule has 0 aliphatic rings. The molecule has 1 aromatic heterocycles. The maximum absolute atomic E-state index is 13.4. The van der Waals surface area contributed by atoms with Crippen molar-refractivity contribution in [1.82, 2.24) is 14.7 Å². The number of hydrogen-bond donors (Lipinski definition) is 1. The van der Waals surface area contributed by atoms with Gasteiger partial charge in [-0.15, -0.1) is 0 Å². The Hall–Kier alpha value is -2.70. The Morgan fingerprint density at radius 3 is 2.34 bits per heavy atom. The van der Waals surface area contributed by atoms with Crippen LogP contribution in [0.25, 0.3) is 5.69 Å². The molecule has 176 valence electrons. The number of carbonyl (C=O) groups is 2. The topological polar surface area (TPSA) is 67.2 Å². The Bertz CT molecular complexity index is 900. The molecule has 1 heterocycles. The standard InChI is InChI=1S/C25H37FN4O2/c1-7-10-11-18(8-2)24(32)29(9-3)17-23(31)27-22-16-21(25(4,5)6)28-30(22)20-14-12-19(26)13-15-20/h12-16,18H,7-11,17H2,1-6H3,(H,27,31). The second kappa shape index (κ2) is 11.2. The van der Waals surface area contributed by atoms with Gasteiger partial charge in [0.05, 0.1) is 17.9 Å². The van der Waals surface area contributed by atoms with Crippen molar-refractivity contribution in [3.63, 3.8) is 0 Å². The third kappa shape index (κ3) is 6.65. The third-order valence-corrected chi connectivity index (χ3v) is 5.59. The number of likely N-dealkylation sites (N-methyl/N-ethyl adjacent to an activating group) is 1. The zero-order valence-corrected chi connectivity index (χ0v) is 20.2. The van der Waals surface area contributed by atoms with Crippen LogP contribution in [0.15, 0.2) is 30.3 Å². The highest BCUT2D eigenvalue weighted by atomic mass is 19.1. The Labute approximate surface area is 191 Å². The van der Waals surface area contributed by atoms with Gasteiger partial charge in [-0.25, -0.2) is 9.07 Å². The summed E-state index contributed by atoms with van der Waals surface area (Å²) >= 11 is 0. The summed E-state index contributed by atoms with van der Waals surface area (Å²) in [5.41, 5.74) is 1.21. The molecule has 2 aromatic rings. The highest BCUT2D eigenvalue weighted by Crippen LogP contribution is 2.26. The summed E-state index contributed by atoms with van der Waals surface area (Å²) in [7, 11) is 0. The van der Waals surface area contributed by atoms with Crippen LogP contribution in [0.3, 0.4) is 0 Å². The summed E-state index contributed by atoms with van der Waals surface area (Å²) in [5.74, 6) is -0.156. The summed E-state index contributed by atoms with van der Waals surface area (Å²) < 4.78 is 15.0. The lowest BCUT2D eigenvalue weighted by atomic mass is 9.92. The molecular weight excluding hydrogens is 407 g/mol. The van der Waals surface area contributed by atoms with Crippen molar-refractivity contribution >= 4 is 17.6 Å². The molecule has 1 N–H and O–H groups in total. The minimum atomic E-state index is -0.340. The summed E-state index contributed by atoms with van der Waals surface area (Å²) in [6, 6.07) is 7.78. The number of amides is 2. The van der Waals surface area contributed by atoms with Crippen molar-refractivity contribution in [2.45, 2.75) is 72.6 Å². The van der Waals surface area contributed by atoms with E-state index in [9.17, 15) is 14.0 Å². The highest BCUT2D eigenvalue weighted by Gasteiger charge is 2.25.